The highest BCUT2D eigenvalue weighted by Gasteiger charge is 2.21. The first-order chi connectivity index (χ1) is 15.0. The lowest BCUT2D eigenvalue weighted by Gasteiger charge is -2.14. The Kier molecular flexibility index (Phi) is 5.99. The molecular weight excluding hydrogens is 413 g/mol. The van der Waals surface area contributed by atoms with Crippen LogP contribution in [0.4, 0.5) is 10.1 Å². The Morgan fingerprint density at radius 1 is 0.968 bits per heavy atom. The normalized spacial score (nSPS) is 11.8. The number of halogens is 1. The van der Waals surface area contributed by atoms with Crippen molar-refractivity contribution < 1.29 is 9.18 Å². The number of anilines is 1. The lowest BCUT2D eigenvalue weighted by atomic mass is 10.0. The van der Waals surface area contributed by atoms with Gasteiger partial charge in [0.25, 0.3) is 0 Å². The maximum atomic E-state index is 14.1. The molecule has 0 saturated heterocycles. The number of para-hydroxylation sites is 1. The molecule has 0 bridgehead atoms. The van der Waals surface area contributed by atoms with E-state index in [4.69, 9.17) is 5.84 Å². The lowest BCUT2D eigenvalue weighted by Crippen LogP contribution is -2.24. The van der Waals surface area contributed by atoms with E-state index in [2.05, 4.69) is 15.5 Å². The summed E-state index contributed by atoms with van der Waals surface area (Å²) in [4.78, 5) is 12.9. The summed E-state index contributed by atoms with van der Waals surface area (Å²) in [5.74, 6) is 5.63. The van der Waals surface area contributed by atoms with Crippen LogP contribution in [0.25, 0.3) is 22.5 Å². The van der Waals surface area contributed by atoms with E-state index in [0.29, 0.717) is 10.8 Å². The Morgan fingerprint density at radius 2 is 1.61 bits per heavy atom. The number of nitrogens with two attached hydrogens (primary N) is 1. The molecule has 156 valence electrons. The number of nitrogens with zero attached hydrogens (tertiary/aromatic N) is 3. The molecule has 8 heteroatoms. The quantitative estimate of drug-likeness (QED) is 0.343. The van der Waals surface area contributed by atoms with Gasteiger partial charge in [-0.05, 0) is 30.7 Å². The summed E-state index contributed by atoms with van der Waals surface area (Å²) < 4.78 is 15.3. The minimum Gasteiger partial charge on any atom is -0.335 e. The third-order valence-electron chi connectivity index (χ3n) is 4.70. The van der Waals surface area contributed by atoms with Gasteiger partial charge in [0.05, 0.1) is 10.8 Å². The minimum atomic E-state index is -0.510. The van der Waals surface area contributed by atoms with Gasteiger partial charge in [0.2, 0.25) is 11.1 Å². The van der Waals surface area contributed by atoms with Crippen LogP contribution in [0.1, 0.15) is 6.92 Å². The summed E-state index contributed by atoms with van der Waals surface area (Å²) in [5, 5.41) is 10.8. The number of carbonyl (C=O) groups is 1. The third-order valence-corrected chi connectivity index (χ3v) is 5.76. The maximum Gasteiger partial charge on any atom is 0.237 e. The molecule has 0 unspecified atom stereocenters. The summed E-state index contributed by atoms with van der Waals surface area (Å²) in [5.41, 5.74) is 2.90. The van der Waals surface area contributed by atoms with E-state index in [1.54, 1.807) is 25.1 Å². The summed E-state index contributed by atoms with van der Waals surface area (Å²) >= 11 is 1.15. The fourth-order valence-corrected chi connectivity index (χ4v) is 3.86. The Hall–Kier alpha value is -3.65. The lowest BCUT2D eigenvalue weighted by molar-refractivity contribution is -0.115. The number of hydrogen-bond acceptors (Lipinski definition) is 5. The minimum absolute atomic E-state index is 0.197. The summed E-state index contributed by atoms with van der Waals surface area (Å²) in [7, 11) is 0. The fraction of sp³-hybridized carbons (Fsp3) is 0.0870. The van der Waals surface area contributed by atoms with Gasteiger partial charge in [-0.3, -0.25) is 4.79 Å². The number of rotatable bonds is 6. The number of nitrogens with one attached hydrogen (secondary N) is 1. The molecule has 1 amide bonds. The van der Waals surface area contributed by atoms with E-state index in [9.17, 15) is 9.18 Å². The van der Waals surface area contributed by atoms with Gasteiger partial charge < -0.3 is 11.2 Å². The zero-order valence-electron chi connectivity index (χ0n) is 16.7. The third kappa shape index (κ3) is 4.44. The molecule has 0 saturated carbocycles. The van der Waals surface area contributed by atoms with Gasteiger partial charge in [-0.25, -0.2) is 9.07 Å². The zero-order chi connectivity index (χ0) is 21.8. The van der Waals surface area contributed by atoms with E-state index < -0.39 is 11.1 Å². The molecule has 1 atom stereocenters. The van der Waals surface area contributed by atoms with Crippen molar-refractivity contribution in [1.29, 1.82) is 0 Å². The topological polar surface area (TPSA) is 85.8 Å². The van der Waals surface area contributed by atoms with E-state index in [1.165, 1.54) is 10.7 Å². The zero-order valence-corrected chi connectivity index (χ0v) is 17.5. The molecule has 1 aromatic heterocycles. The Balaban J connectivity index is 1.51. The predicted molar refractivity (Wildman–Crippen MR) is 121 cm³/mol. The smallest absolute Gasteiger partial charge is 0.237 e. The molecule has 3 aromatic carbocycles. The predicted octanol–water partition coefficient (Wildman–Crippen LogP) is 4.58. The van der Waals surface area contributed by atoms with Crippen molar-refractivity contribution in [3.63, 3.8) is 0 Å². The molecule has 4 rings (SSSR count). The van der Waals surface area contributed by atoms with E-state index in [1.807, 2.05) is 54.6 Å². The number of benzene rings is 3. The molecule has 6 nitrogen and oxygen atoms in total. The van der Waals surface area contributed by atoms with Gasteiger partial charge in [0.1, 0.15) is 5.82 Å². The largest absolute Gasteiger partial charge is 0.335 e. The van der Waals surface area contributed by atoms with Crippen LogP contribution in [0.15, 0.2) is 84.0 Å². The maximum absolute atomic E-state index is 14.1. The van der Waals surface area contributed by atoms with Crippen LogP contribution in [0.5, 0.6) is 0 Å². The molecule has 0 fully saturated rings. The molecular formula is C23H20FN5OS. The van der Waals surface area contributed by atoms with Crippen molar-refractivity contribution in [2.75, 3.05) is 11.2 Å². The second-order valence-electron chi connectivity index (χ2n) is 6.82. The van der Waals surface area contributed by atoms with Crippen molar-refractivity contribution in [2.45, 2.75) is 17.3 Å². The van der Waals surface area contributed by atoms with Gasteiger partial charge in [0.15, 0.2) is 5.82 Å². The molecule has 4 aromatic rings. The van der Waals surface area contributed by atoms with E-state index in [0.717, 1.165) is 22.9 Å². The molecule has 0 aliphatic rings. The van der Waals surface area contributed by atoms with Crippen molar-refractivity contribution >= 4 is 23.4 Å². The van der Waals surface area contributed by atoms with Crippen LogP contribution in [0.3, 0.4) is 0 Å². The second kappa shape index (κ2) is 9.01. The summed E-state index contributed by atoms with van der Waals surface area (Å²) in [6.07, 6.45) is 0. The van der Waals surface area contributed by atoms with Crippen LogP contribution >= 0.6 is 11.8 Å². The highest BCUT2D eigenvalue weighted by Crippen LogP contribution is 2.30. The molecule has 0 radical (unpaired) electrons. The highest BCUT2D eigenvalue weighted by atomic mass is 32.2. The van der Waals surface area contributed by atoms with Gasteiger partial charge in [-0.1, -0.05) is 72.4 Å². The molecule has 31 heavy (non-hydrogen) atoms. The van der Waals surface area contributed by atoms with Crippen LogP contribution in [0, 0.1) is 5.82 Å². The van der Waals surface area contributed by atoms with Crippen LogP contribution in [0.2, 0.25) is 0 Å². The number of thioether (sulfide) groups is 1. The van der Waals surface area contributed by atoms with Gasteiger partial charge in [-0.2, -0.15) is 0 Å². The van der Waals surface area contributed by atoms with Crippen LogP contribution in [-0.4, -0.2) is 26.0 Å². The number of nitrogen functional groups attached to an aromatic ring is 1. The van der Waals surface area contributed by atoms with Crippen LogP contribution in [-0.2, 0) is 4.79 Å². The average Bonchev–Trinajstić information content (AvgIpc) is 3.15. The van der Waals surface area contributed by atoms with Crippen LogP contribution < -0.4 is 11.2 Å². The Morgan fingerprint density at radius 3 is 2.35 bits per heavy atom. The van der Waals surface area contributed by atoms with E-state index in [-0.39, 0.29) is 17.3 Å². The Bertz CT molecular complexity index is 1210. The first kappa shape index (κ1) is 20.6. The molecule has 3 N–H and O–H groups in total. The number of aromatic nitrogens is 3. The summed E-state index contributed by atoms with van der Waals surface area (Å²) in [6.45, 7) is 1.75. The van der Waals surface area contributed by atoms with E-state index >= 15 is 0 Å². The number of amides is 1. The number of carbonyl (C=O) groups excluding carboxylic acids is 1. The monoisotopic (exact) mass is 433 g/mol. The Labute approximate surface area is 183 Å². The molecule has 0 spiro atoms. The van der Waals surface area contributed by atoms with Gasteiger partial charge in [0, 0.05) is 11.3 Å². The van der Waals surface area contributed by atoms with Crippen molar-refractivity contribution in [1.82, 2.24) is 14.9 Å². The SMILES string of the molecule is C[C@@H](Sc1nnc(-c2ccccc2F)n1N)C(=O)Nc1ccccc1-c1ccccc1. The fourth-order valence-electron chi connectivity index (χ4n) is 3.09. The highest BCUT2D eigenvalue weighted by molar-refractivity contribution is 8.00. The average molecular weight is 434 g/mol. The van der Waals surface area contributed by atoms with Crippen molar-refractivity contribution in [3.8, 4) is 22.5 Å². The molecule has 1 heterocycles. The van der Waals surface area contributed by atoms with Gasteiger partial charge >= 0.3 is 0 Å². The van der Waals surface area contributed by atoms with Gasteiger partial charge in [-0.15, -0.1) is 10.2 Å². The number of hydrogen-bond donors (Lipinski definition) is 2. The standard InChI is InChI=1S/C23H20FN5OS/c1-15(31-23-28-27-21(29(23)25)18-12-5-7-13-19(18)24)22(30)26-20-14-8-6-11-17(20)16-9-3-2-4-10-16/h2-15H,25H2,1H3,(H,26,30)/t15-/m1/s1. The summed E-state index contributed by atoms with van der Waals surface area (Å²) in [6, 6.07) is 23.6. The van der Waals surface area contributed by atoms with Crippen molar-refractivity contribution in [3.05, 3.63) is 84.7 Å². The first-order valence-corrected chi connectivity index (χ1v) is 10.5. The molecule has 0 aliphatic carbocycles. The second-order valence-corrected chi connectivity index (χ2v) is 8.12. The van der Waals surface area contributed by atoms with Crippen molar-refractivity contribution in [2.24, 2.45) is 0 Å². The molecule has 0 aliphatic heterocycles. The first-order valence-electron chi connectivity index (χ1n) is 9.62.